The van der Waals surface area contributed by atoms with E-state index in [-0.39, 0.29) is 30.4 Å². The second-order valence-electron chi connectivity index (χ2n) is 4.12. The van der Waals surface area contributed by atoms with Crippen molar-refractivity contribution in [1.29, 1.82) is 0 Å². The van der Waals surface area contributed by atoms with Gasteiger partial charge in [0, 0.05) is 33.4 Å². The predicted molar refractivity (Wildman–Crippen MR) is 70.6 cm³/mol. The summed E-state index contributed by atoms with van der Waals surface area (Å²) < 4.78 is 0. The number of pyridine rings is 1. The third-order valence-electron chi connectivity index (χ3n) is 2.34. The lowest BCUT2D eigenvalue weighted by molar-refractivity contribution is 0.0695. The summed E-state index contributed by atoms with van der Waals surface area (Å²) in [6, 6.07) is 2.39. The number of hydrogen-bond donors (Lipinski definition) is 3. The monoisotopic (exact) mass is 280 g/mol. The third kappa shape index (κ3) is 4.56. The maximum Gasteiger partial charge on any atom is 0.337 e. The fraction of sp³-hybridized carbons (Fsp3) is 0.333. The van der Waals surface area contributed by atoms with E-state index in [1.807, 2.05) is 0 Å². The molecule has 0 aliphatic rings. The highest BCUT2D eigenvalue weighted by molar-refractivity contribution is 5.93. The Bertz CT molecular complexity index is 499. The molecule has 0 aliphatic carbocycles. The van der Waals surface area contributed by atoms with Crippen molar-refractivity contribution in [1.82, 2.24) is 20.5 Å². The van der Waals surface area contributed by atoms with E-state index in [1.54, 1.807) is 14.1 Å². The molecule has 3 N–H and O–H groups in total. The zero-order valence-electron chi connectivity index (χ0n) is 11.2. The first-order valence-electron chi connectivity index (χ1n) is 5.84. The number of carboxylic acids is 1. The van der Waals surface area contributed by atoms with Crippen LogP contribution in [0.1, 0.15) is 20.8 Å². The molecule has 0 spiro atoms. The van der Waals surface area contributed by atoms with Crippen LogP contribution >= 0.6 is 0 Å². The Labute approximate surface area is 115 Å². The first-order valence-corrected chi connectivity index (χ1v) is 5.84. The van der Waals surface area contributed by atoms with E-state index in [0.717, 1.165) is 6.20 Å². The van der Waals surface area contributed by atoms with Gasteiger partial charge in [0.2, 0.25) is 0 Å². The van der Waals surface area contributed by atoms with E-state index in [9.17, 15) is 14.4 Å². The van der Waals surface area contributed by atoms with E-state index in [2.05, 4.69) is 15.6 Å². The van der Waals surface area contributed by atoms with Crippen LogP contribution in [0.25, 0.3) is 0 Å². The number of urea groups is 1. The normalized spacial score (nSPS) is 9.70. The number of nitrogens with zero attached hydrogens (tertiary/aromatic N) is 2. The Hall–Kier alpha value is -2.64. The summed E-state index contributed by atoms with van der Waals surface area (Å²) >= 11 is 0. The number of carbonyl (C=O) groups is 3. The molecule has 1 rings (SSSR count). The summed E-state index contributed by atoms with van der Waals surface area (Å²) in [7, 11) is 3.23. The molecule has 8 heteroatoms. The van der Waals surface area contributed by atoms with E-state index in [0.29, 0.717) is 0 Å². The summed E-state index contributed by atoms with van der Waals surface area (Å²) in [5.74, 6) is -1.53. The van der Waals surface area contributed by atoms with Crippen LogP contribution in [0, 0.1) is 0 Å². The van der Waals surface area contributed by atoms with Gasteiger partial charge in [-0.05, 0) is 12.1 Å². The lowest BCUT2D eigenvalue weighted by Gasteiger charge is -2.12. The minimum Gasteiger partial charge on any atom is -0.478 e. The summed E-state index contributed by atoms with van der Waals surface area (Å²) in [5, 5.41) is 13.8. The van der Waals surface area contributed by atoms with Gasteiger partial charge in [0.05, 0.1) is 5.56 Å². The minimum absolute atomic E-state index is 0.0137. The molecule has 1 aromatic heterocycles. The maximum atomic E-state index is 11.7. The summed E-state index contributed by atoms with van der Waals surface area (Å²) in [6.07, 6.45) is 1.12. The SMILES string of the molecule is CN(C)C(=O)NCCNC(=O)c1ccc(C(=O)O)cn1. The van der Waals surface area contributed by atoms with Gasteiger partial charge in [-0.15, -0.1) is 0 Å². The van der Waals surface area contributed by atoms with Crippen LogP contribution in [-0.4, -0.2) is 60.1 Å². The molecule has 3 amide bonds. The molecule has 108 valence electrons. The average Bonchev–Trinajstić information content (AvgIpc) is 2.43. The van der Waals surface area contributed by atoms with Gasteiger partial charge in [0.1, 0.15) is 5.69 Å². The quantitative estimate of drug-likeness (QED) is 0.646. The molecule has 8 nitrogen and oxygen atoms in total. The van der Waals surface area contributed by atoms with E-state index in [4.69, 9.17) is 5.11 Å². The summed E-state index contributed by atoms with van der Waals surface area (Å²) in [4.78, 5) is 38.6. The largest absolute Gasteiger partial charge is 0.478 e. The van der Waals surface area contributed by atoms with Crippen molar-refractivity contribution >= 4 is 17.9 Å². The number of rotatable bonds is 5. The van der Waals surface area contributed by atoms with Crippen LogP contribution in [0.3, 0.4) is 0 Å². The van der Waals surface area contributed by atoms with Gasteiger partial charge in [0.25, 0.3) is 5.91 Å². The highest BCUT2D eigenvalue weighted by Crippen LogP contribution is 2.00. The van der Waals surface area contributed by atoms with Crippen molar-refractivity contribution < 1.29 is 19.5 Å². The van der Waals surface area contributed by atoms with Gasteiger partial charge in [-0.25, -0.2) is 9.59 Å². The van der Waals surface area contributed by atoms with E-state index in [1.165, 1.54) is 17.0 Å². The topological polar surface area (TPSA) is 112 Å². The molecule has 0 fully saturated rings. The molecule has 0 saturated carbocycles. The average molecular weight is 280 g/mol. The van der Waals surface area contributed by atoms with Gasteiger partial charge < -0.3 is 20.6 Å². The van der Waals surface area contributed by atoms with E-state index >= 15 is 0 Å². The molecule has 0 atom stereocenters. The maximum absolute atomic E-state index is 11.7. The van der Waals surface area contributed by atoms with Gasteiger partial charge in [-0.3, -0.25) is 9.78 Å². The van der Waals surface area contributed by atoms with Crippen molar-refractivity contribution in [2.75, 3.05) is 27.2 Å². The zero-order valence-corrected chi connectivity index (χ0v) is 11.2. The molecule has 20 heavy (non-hydrogen) atoms. The summed E-state index contributed by atoms with van der Waals surface area (Å²) in [5.41, 5.74) is 0.133. The predicted octanol–water partition coefficient (Wildman–Crippen LogP) is -0.219. The van der Waals surface area contributed by atoms with Crippen molar-refractivity contribution in [3.8, 4) is 0 Å². The minimum atomic E-state index is -1.10. The molecule has 1 aromatic rings. The molecule has 1 heterocycles. The molecular weight excluding hydrogens is 264 g/mol. The highest BCUT2D eigenvalue weighted by Gasteiger charge is 2.09. The Morgan fingerprint density at radius 1 is 1.20 bits per heavy atom. The lowest BCUT2D eigenvalue weighted by atomic mass is 10.2. The highest BCUT2D eigenvalue weighted by atomic mass is 16.4. The Kier molecular flexibility index (Phi) is 5.45. The first kappa shape index (κ1) is 15.4. The van der Waals surface area contributed by atoms with Gasteiger partial charge >= 0.3 is 12.0 Å². The Balaban J connectivity index is 2.39. The Morgan fingerprint density at radius 3 is 2.35 bits per heavy atom. The third-order valence-corrected chi connectivity index (χ3v) is 2.34. The number of nitrogens with one attached hydrogen (secondary N) is 2. The summed E-state index contributed by atoms with van der Waals surface area (Å²) in [6.45, 7) is 0.538. The number of hydrogen-bond acceptors (Lipinski definition) is 4. The van der Waals surface area contributed by atoms with Crippen molar-refractivity contribution in [3.05, 3.63) is 29.6 Å². The Morgan fingerprint density at radius 2 is 1.85 bits per heavy atom. The number of carbonyl (C=O) groups excluding carboxylic acids is 2. The zero-order chi connectivity index (χ0) is 15.1. The van der Waals surface area contributed by atoms with Gasteiger partial charge in [0.15, 0.2) is 0 Å². The smallest absolute Gasteiger partial charge is 0.337 e. The molecular formula is C12H16N4O4. The first-order chi connectivity index (χ1) is 9.41. The molecule has 0 radical (unpaired) electrons. The molecule has 0 aromatic carbocycles. The number of carboxylic acid groups (broad SMARTS) is 1. The van der Waals surface area contributed by atoms with Crippen LogP contribution in [-0.2, 0) is 0 Å². The van der Waals surface area contributed by atoms with Crippen LogP contribution in [0.2, 0.25) is 0 Å². The second-order valence-corrected chi connectivity index (χ2v) is 4.12. The van der Waals surface area contributed by atoms with Crippen molar-refractivity contribution in [3.63, 3.8) is 0 Å². The van der Waals surface area contributed by atoms with Crippen LogP contribution in [0.4, 0.5) is 4.79 Å². The molecule has 0 saturated heterocycles. The molecule has 0 bridgehead atoms. The fourth-order valence-electron chi connectivity index (χ4n) is 1.25. The number of aromatic carboxylic acids is 1. The number of amides is 3. The van der Waals surface area contributed by atoms with E-state index < -0.39 is 11.9 Å². The molecule has 0 aliphatic heterocycles. The van der Waals surface area contributed by atoms with Crippen LogP contribution in [0.5, 0.6) is 0 Å². The van der Waals surface area contributed by atoms with Crippen LogP contribution in [0.15, 0.2) is 18.3 Å². The van der Waals surface area contributed by atoms with Gasteiger partial charge in [-0.1, -0.05) is 0 Å². The van der Waals surface area contributed by atoms with Crippen molar-refractivity contribution in [2.45, 2.75) is 0 Å². The molecule has 0 unspecified atom stereocenters. The second kappa shape index (κ2) is 7.07. The fourth-order valence-corrected chi connectivity index (χ4v) is 1.25. The van der Waals surface area contributed by atoms with Gasteiger partial charge in [-0.2, -0.15) is 0 Å². The number of aromatic nitrogens is 1. The standard InChI is InChI=1S/C12H16N4O4/c1-16(2)12(20)14-6-5-13-10(17)9-4-3-8(7-15-9)11(18)19/h3-4,7H,5-6H2,1-2H3,(H,13,17)(H,14,20)(H,18,19). The van der Waals surface area contributed by atoms with Crippen LogP contribution < -0.4 is 10.6 Å². The van der Waals surface area contributed by atoms with Crippen molar-refractivity contribution in [2.24, 2.45) is 0 Å². The lowest BCUT2D eigenvalue weighted by Crippen LogP contribution is -2.39.